The minimum Gasteiger partial charge on any atom is -0.369 e. The Morgan fingerprint density at radius 3 is 2.64 bits per heavy atom. The molecule has 1 aromatic carbocycles. The number of hydrogen-bond donors (Lipinski definition) is 3. The van der Waals surface area contributed by atoms with Gasteiger partial charge in [-0.2, -0.15) is 5.10 Å². The predicted molar refractivity (Wildman–Crippen MR) is 89.6 cm³/mol. The highest BCUT2D eigenvalue weighted by Gasteiger charge is 2.06. The Morgan fingerprint density at radius 1 is 1.09 bits per heavy atom. The van der Waals surface area contributed by atoms with Crippen LogP contribution in [0.4, 0.5) is 5.82 Å². The number of aromatic nitrogens is 2. The molecular weight excluding hydrogens is 298 g/mol. The quantitative estimate of drug-likeness (QED) is 0.555. The van der Waals surface area contributed by atoms with Crippen molar-refractivity contribution in [3.63, 3.8) is 0 Å². The zero-order chi connectivity index (χ0) is 15.6. The van der Waals surface area contributed by atoms with Crippen molar-refractivity contribution in [3.8, 4) is 0 Å². The van der Waals surface area contributed by atoms with E-state index in [1.807, 2.05) is 30.3 Å². The number of anilines is 1. The molecule has 1 aromatic heterocycles. The van der Waals surface area contributed by atoms with Gasteiger partial charge in [-0.05, 0) is 42.9 Å². The fraction of sp³-hybridized carbons (Fsp3) is 0.200. The van der Waals surface area contributed by atoms with Crippen LogP contribution in [0.5, 0.6) is 0 Å². The van der Waals surface area contributed by atoms with Crippen molar-refractivity contribution < 1.29 is 4.79 Å². The van der Waals surface area contributed by atoms with Gasteiger partial charge in [-0.15, -0.1) is 5.10 Å². The molecule has 0 fully saturated rings. The Bertz CT molecular complexity index is 606. The van der Waals surface area contributed by atoms with Gasteiger partial charge in [0.15, 0.2) is 5.11 Å². The molecule has 0 radical (unpaired) electrons. The molecule has 0 saturated carbocycles. The smallest absolute Gasteiger partial charge is 0.257 e. The second kappa shape index (κ2) is 8.68. The largest absolute Gasteiger partial charge is 0.369 e. The highest BCUT2D eigenvalue weighted by Crippen LogP contribution is 1.98. The summed E-state index contributed by atoms with van der Waals surface area (Å²) in [7, 11) is 0. The third kappa shape index (κ3) is 5.45. The summed E-state index contributed by atoms with van der Waals surface area (Å²) in [6.45, 7) is 1.39. The third-order valence-corrected chi connectivity index (χ3v) is 3.03. The molecule has 0 bridgehead atoms. The van der Waals surface area contributed by atoms with Crippen LogP contribution in [0, 0.1) is 0 Å². The van der Waals surface area contributed by atoms with Gasteiger partial charge in [-0.3, -0.25) is 10.1 Å². The van der Waals surface area contributed by atoms with Crippen LogP contribution < -0.4 is 16.0 Å². The van der Waals surface area contributed by atoms with Crippen LogP contribution in [-0.2, 0) is 0 Å². The predicted octanol–water partition coefficient (Wildman–Crippen LogP) is 1.58. The second-order valence-electron chi connectivity index (χ2n) is 4.47. The van der Waals surface area contributed by atoms with Crippen molar-refractivity contribution in [2.75, 3.05) is 18.4 Å². The van der Waals surface area contributed by atoms with Gasteiger partial charge in [0.05, 0.1) is 0 Å². The second-order valence-corrected chi connectivity index (χ2v) is 4.87. The lowest BCUT2D eigenvalue weighted by Gasteiger charge is -2.10. The van der Waals surface area contributed by atoms with E-state index in [2.05, 4.69) is 26.1 Å². The molecule has 7 heteroatoms. The average molecular weight is 315 g/mol. The van der Waals surface area contributed by atoms with E-state index in [4.69, 9.17) is 12.2 Å². The molecule has 1 amide bonds. The molecule has 0 aliphatic rings. The average Bonchev–Trinajstić information content (AvgIpc) is 2.56. The molecule has 1 heterocycles. The number of thiocarbonyl (C=S) groups is 1. The number of amides is 1. The Morgan fingerprint density at radius 2 is 1.91 bits per heavy atom. The van der Waals surface area contributed by atoms with E-state index in [1.165, 1.54) is 0 Å². The van der Waals surface area contributed by atoms with Crippen LogP contribution in [0.1, 0.15) is 16.8 Å². The van der Waals surface area contributed by atoms with Gasteiger partial charge in [-0.1, -0.05) is 18.2 Å². The molecule has 114 valence electrons. The highest BCUT2D eigenvalue weighted by molar-refractivity contribution is 7.80. The van der Waals surface area contributed by atoms with Gasteiger partial charge in [0, 0.05) is 24.8 Å². The first-order valence-electron chi connectivity index (χ1n) is 6.91. The molecule has 0 spiro atoms. The number of hydrogen-bond acceptors (Lipinski definition) is 5. The van der Waals surface area contributed by atoms with E-state index in [1.54, 1.807) is 18.3 Å². The number of rotatable bonds is 6. The SMILES string of the molecule is O=C(NC(=S)NCCCNc1cccnn1)c1ccccc1. The molecule has 22 heavy (non-hydrogen) atoms. The van der Waals surface area contributed by atoms with Gasteiger partial charge < -0.3 is 10.6 Å². The number of carbonyl (C=O) groups is 1. The van der Waals surface area contributed by atoms with E-state index in [0.29, 0.717) is 17.2 Å². The maximum atomic E-state index is 11.9. The van der Waals surface area contributed by atoms with Crippen LogP contribution in [0.15, 0.2) is 48.7 Å². The van der Waals surface area contributed by atoms with Gasteiger partial charge in [-0.25, -0.2) is 0 Å². The van der Waals surface area contributed by atoms with Gasteiger partial charge in [0.25, 0.3) is 5.91 Å². The summed E-state index contributed by atoms with van der Waals surface area (Å²) >= 11 is 5.09. The standard InChI is InChI=1S/C15H17N5OS/c21-14(12-6-2-1-3-7-12)19-15(22)17-10-5-9-16-13-8-4-11-18-20-13/h1-4,6-8,11H,5,9-10H2,(H,16,20)(H2,17,19,21,22). The van der Waals surface area contributed by atoms with E-state index in [0.717, 1.165) is 18.8 Å². The third-order valence-electron chi connectivity index (χ3n) is 2.78. The minimum absolute atomic E-state index is 0.212. The van der Waals surface area contributed by atoms with Crippen molar-refractivity contribution in [1.82, 2.24) is 20.8 Å². The monoisotopic (exact) mass is 315 g/mol. The summed E-state index contributed by atoms with van der Waals surface area (Å²) in [5, 5.41) is 16.8. The topological polar surface area (TPSA) is 78.9 Å². The van der Waals surface area contributed by atoms with Crippen LogP contribution in [0.3, 0.4) is 0 Å². The minimum atomic E-state index is -0.212. The molecular formula is C15H17N5OS. The molecule has 0 unspecified atom stereocenters. The van der Waals surface area contributed by atoms with Crippen molar-refractivity contribution in [2.24, 2.45) is 0 Å². The Kier molecular flexibility index (Phi) is 6.25. The lowest BCUT2D eigenvalue weighted by molar-refractivity contribution is 0.0976. The van der Waals surface area contributed by atoms with E-state index < -0.39 is 0 Å². The fourth-order valence-corrected chi connectivity index (χ4v) is 1.91. The molecule has 0 saturated heterocycles. The molecule has 2 aromatic rings. The molecule has 0 aliphatic carbocycles. The first-order chi connectivity index (χ1) is 10.8. The lowest BCUT2D eigenvalue weighted by atomic mass is 10.2. The van der Waals surface area contributed by atoms with Crippen molar-refractivity contribution in [3.05, 3.63) is 54.2 Å². The van der Waals surface area contributed by atoms with Crippen molar-refractivity contribution in [2.45, 2.75) is 6.42 Å². The molecule has 0 atom stereocenters. The zero-order valence-electron chi connectivity index (χ0n) is 12.0. The summed E-state index contributed by atoms with van der Waals surface area (Å²) in [6, 6.07) is 12.6. The number of benzene rings is 1. The normalized spacial score (nSPS) is 9.82. The van der Waals surface area contributed by atoms with Crippen molar-refractivity contribution in [1.29, 1.82) is 0 Å². The fourth-order valence-electron chi connectivity index (χ4n) is 1.71. The number of nitrogens with zero attached hydrogens (tertiary/aromatic N) is 2. The summed E-state index contributed by atoms with van der Waals surface area (Å²) in [4.78, 5) is 11.9. The zero-order valence-corrected chi connectivity index (χ0v) is 12.8. The van der Waals surface area contributed by atoms with E-state index in [9.17, 15) is 4.79 Å². The van der Waals surface area contributed by atoms with Crippen molar-refractivity contribution >= 4 is 29.1 Å². The summed E-state index contributed by atoms with van der Waals surface area (Å²) in [5.41, 5.74) is 0.580. The molecule has 2 rings (SSSR count). The number of carbonyl (C=O) groups excluding carboxylic acids is 1. The van der Waals surface area contributed by atoms with Crippen LogP contribution >= 0.6 is 12.2 Å². The molecule has 0 aliphatic heterocycles. The highest BCUT2D eigenvalue weighted by atomic mass is 32.1. The van der Waals surface area contributed by atoms with Crippen LogP contribution in [0.25, 0.3) is 0 Å². The maximum absolute atomic E-state index is 11.9. The van der Waals surface area contributed by atoms with Gasteiger partial charge >= 0.3 is 0 Å². The maximum Gasteiger partial charge on any atom is 0.257 e. The Balaban J connectivity index is 1.61. The molecule has 6 nitrogen and oxygen atoms in total. The Hall–Kier alpha value is -2.54. The van der Waals surface area contributed by atoms with E-state index in [-0.39, 0.29) is 5.91 Å². The summed E-state index contributed by atoms with van der Waals surface area (Å²) < 4.78 is 0. The Labute approximate surface area is 134 Å². The van der Waals surface area contributed by atoms with Crippen LogP contribution in [-0.4, -0.2) is 34.3 Å². The van der Waals surface area contributed by atoms with Gasteiger partial charge in [0.2, 0.25) is 0 Å². The van der Waals surface area contributed by atoms with E-state index >= 15 is 0 Å². The first kappa shape index (κ1) is 15.8. The lowest BCUT2D eigenvalue weighted by Crippen LogP contribution is -2.39. The first-order valence-corrected chi connectivity index (χ1v) is 7.32. The summed E-state index contributed by atoms with van der Waals surface area (Å²) in [6.07, 6.45) is 2.46. The van der Waals surface area contributed by atoms with Crippen LogP contribution in [0.2, 0.25) is 0 Å². The number of nitrogens with one attached hydrogen (secondary N) is 3. The van der Waals surface area contributed by atoms with Gasteiger partial charge in [0.1, 0.15) is 5.82 Å². The molecule has 3 N–H and O–H groups in total. The summed E-state index contributed by atoms with van der Waals surface area (Å²) in [5.74, 6) is 0.526.